The number of halogens is 1. The summed E-state index contributed by atoms with van der Waals surface area (Å²) in [7, 11) is 0. The van der Waals surface area contributed by atoms with Crippen LogP contribution in [0.15, 0.2) is 17.0 Å². The van der Waals surface area contributed by atoms with Crippen molar-refractivity contribution in [1.82, 2.24) is 14.9 Å². The third kappa shape index (κ3) is 3.18. The summed E-state index contributed by atoms with van der Waals surface area (Å²) in [4.78, 5) is 12.9. The first kappa shape index (κ1) is 13.7. The van der Waals surface area contributed by atoms with E-state index in [0.717, 1.165) is 42.9 Å². The molecule has 6 heteroatoms. The fourth-order valence-electron chi connectivity index (χ4n) is 2.24. The predicted octanol–water partition coefficient (Wildman–Crippen LogP) is 1.13. The highest BCUT2D eigenvalue weighted by Gasteiger charge is 2.20. The first-order valence-corrected chi connectivity index (χ1v) is 7.07. The van der Waals surface area contributed by atoms with Gasteiger partial charge in [-0.15, -0.1) is 0 Å². The first-order valence-electron chi connectivity index (χ1n) is 6.27. The molecule has 18 heavy (non-hydrogen) atoms. The van der Waals surface area contributed by atoms with Crippen molar-refractivity contribution in [3.05, 3.63) is 17.0 Å². The minimum atomic E-state index is 0.219. The smallest absolute Gasteiger partial charge is 0.146 e. The molecule has 0 aliphatic carbocycles. The topological polar surface area (TPSA) is 52.5 Å². The van der Waals surface area contributed by atoms with E-state index in [1.807, 2.05) is 0 Å². The van der Waals surface area contributed by atoms with Gasteiger partial charge >= 0.3 is 0 Å². The molecule has 100 valence electrons. The lowest BCUT2D eigenvalue weighted by molar-refractivity contribution is 0.141. The van der Waals surface area contributed by atoms with Crippen LogP contribution in [-0.4, -0.2) is 58.8 Å². The Morgan fingerprint density at radius 3 is 2.94 bits per heavy atom. The van der Waals surface area contributed by atoms with Crippen LogP contribution in [0, 0.1) is 0 Å². The number of aliphatic hydroxyl groups excluding tert-OH is 1. The van der Waals surface area contributed by atoms with E-state index in [1.54, 1.807) is 12.5 Å². The van der Waals surface area contributed by atoms with Gasteiger partial charge in [-0.3, -0.25) is 4.90 Å². The Bertz CT molecular complexity index is 390. The van der Waals surface area contributed by atoms with E-state index in [1.165, 1.54) is 0 Å². The molecule has 1 fully saturated rings. The molecule has 0 spiro atoms. The van der Waals surface area contributed by atoms with Crippen molar-refractivity contribution in [2.75, 3.05) is 37.7 Å². The summed E-state index contributed by atoms with van der Waals surface area (Å²) >= 11 is 3.49. The molecule has 1 aromatic rings. The number of aromatic nitrogens is 2. The second kappa shape index (κ2) is 6.45. The number of hydrogen-bond donors (Lipinski definition) is 1. The van der Waals surface area contributed by atoms with Gasteiger partial charge in [0.05, 0.1) is 11.1 Å². The quantitative estimate of drug-likeness (QED) is 0.906. The van der Waals surface area contributed by atoms with Crippen LogP contribution in [0.1, 0.15) is 13.3 Å². The Hall–Kier alpha value is -0.720. The summed E-state index contributed by atoms with van der Waals surface area (Å²) in [5.41, 5.74) is 0. The molecule has 0 amide bonds. The van der Waals surface area contributed by atoms with Gasteiger partial charge in [-0.2, -0.15) is 0 Å². The largest absolute Gasteiger partial charge is 0.395 e. The van der Waals surface area contributed by atoms with Gasteiger partial charge in [-0.1, -0.05) is 0 Å². The van der Waals surface area contributed by atoms with Gasteiger partial charge in [0.25, 0.3) is 0 Å². The highest BCUT2D eigenvalue weighted by molar-refractivity contribution is 9.10. The number of anilines is 1. The van der Waals surface area contributed by atoms with Crippen LogP contribution in [0.2, 0.25) is 0 Å². The van der Waals surface area contributed by atoms with Crippen molar-refractivity contribution in [1.29, 1.82) is 0 Å². The fraction of sp³-hybridized carbons (Fsp3) is 0.667. The molecule has 0 saturated carbocycles. The average molecular weight is 315 g/mol. The molecule has 2 heterocycles. The Morgan fingerprint density at radius 1 is 1.39 bits per heavy atom. The van der Waals surface area contributed by atoms with Crippen LogP contribution in [0.5, 0.6) is 0 Å². The minimum Gasteiger partial charge on any atom is -0.395 e. The Labute approximate surface area is 116 Å². The third-order valence-corrected chi connectivity index (χ3v) is 3.93. The summed E-state index contributed by atoms with van der Waals surface area (Å²) in [5.74, 6) is 0.962. The normalized spacial score (nSPS) is 19.6. The van der Waals surface area contributed by atoms with E-state index in [-0.39, 0.29) is 12.6 Å². The average Bonchev–Trinajstić information content (AvgIpc) is 2.64. The maximum Gasteiger partial charge on any atom is 0.146 e. The molecule has 0 radical (unpaired) electrons. The summed E-state index contributed by atoms with van der Waals surface area (Å²) in [6.07, 6.45) is 4.45. The van der Waals surface area contributed by atoms with Crippen molar-refractivity contribution < 1.29 is 5.11 Å². The zero-order chi connectivity index (χ0) is 13.0. The summed E-state index contributed by atoms with van der Waals surface area (Å²) in [6.45, 7) is 6.19. The number of rotatable bonds is 3. The molecule has 0 aromatic carbocycles. The van der Waals surface area contributed by atoms with Gasteiger partial charge in [0.2, 0.25) is 0 Å². The second-order valence-electron chi connectivity index (χ2n) is 4.60. The van der Waals surface area contributed by atoms with E-state index in [9.17, 15) is 5.11 Å². The van der Waals surface area contributed by atoms with Gasteiger partial charge in [-0.25, -0.2) is 9.97 Å². The SMILES string of the molecule is C[C@H](CO)N1CCCN(c2ncncc2Br)CC1. The van der Waals surface area contributed by atoms with Crippen LogP contribution < -0.4 is 4.90 Å². The first-order chi connectivity index (χ1) is 8.72. The van der Waals surface area contributed by atoms with E-state index in [0.29, 0.717) is 0 Å². The van der Waals surface area contributed by atoms with E-state index >= 15 is 0 Å². The molecular weight excluding hydrogens is 296 g/mol. The van der Waals surface area contributed by atoms with Gasteiger partial charge in [0, 0.05) is 38.4 Å². The Morgan fingerprint density at radius 2 is 2.22 bits per heavy atom. The summed E-state index contributed by atoms with van der Waals surface area (Å²) < 4.78 is 0.939. The maximum atomic E-state index is 9.22. The highest BCUT2D eigenvalue weighted by Crippen LogP contribution is 2.23. The molecule has 5 nitrogen and oxygen atoms in total. The fourth-order valence-corrected chi connectivity index (χ4v) is 2.72. The molecule has 0 bridgehead atoms. The van der Waals surface area contributed by atoms with Crippen molar-refractivity contribution in [2.45, 2.75) is 19.4 Å². The van der Waals surface area contributed by atoms with Crippen LogP contribution in [0.3, 0.4) is 0 Å². The zero-order valence-corrected chi connectivity index (χ0v) is 12.2. The lowest BCUT2D eigenvalue weighted by Gasteiger charge is -2.26. The van der Waals surface area contributed by atoms with Crippen molar-refractivity contribution >= 4 is 21.7 Å². The Balaban J connectivity index is 2.03. The van der Waals surface area contributed by atoms with Gasteiger partial charge in [0.15, 0.2) is 0 Å². The number of aliphatic hydroxyl groups is 1. The molecule has 1 aliphatic heterocycles. The molecule has 1 atom stereocenters. The zero-order valence-electron chi connectivity index (χ0n) is 10.6. The monoisotopic (exact) mass is 314 g/mol. The third-order valence-electron chi connectivity index (χ3n) is 3.37. The predicted molar refractivity (Wildman–Crippen MR) is 74.7 cm³/mol. The van der Waals surface area contributed by atoms with Crippen LogP contribution in [-0.2, 0) is 0 Å². The molecule has 2 rings (SSSR count). The van der Waals surface area contributed by atoms with Gasteiger partial charge in [0.1, 0.15) is 12.1 Å². The number of nitrogens with zero attached hydrogens (tertiary/aromatic N) is 4. The molecule has 1 N–H and O–H groups in total. The molecule has 0 unspecified atom stereocenters. The van der Waals surface area contributed by atoms with Crippen molar-refractivity contribution in [3.63, 3.8) is 0 Å². The van der Waals surface area contributed by atoms with Crippen LogP contribution >= 0.6 is 15.9 Å². The second-order valence-corrected chi connectivity index (χ2v) is 5.46. The molecule has 1 aromatic heterocycles. The summed E-state index contributed by atoms with van der Waals surface area (Å²) in [6, 6.07) is 0.235. The molecular formula is C12H19BrN4O. The lowest BCUT2D eigenvalue weighted by Crippen LogP contribution is -2.38. The standard InChI is InChI=1S/C12H19BrN4O/c1-10(8-18)16-3-2-4-17(6-5-16)12-11(13)7-14-9-15-12/h7,9-10,18H,2-6,8H2,1H3/t10-/m1/s1. The van der Waals surface area contributed by atoms with E-state index < -0.39 is 0 Å². The van der Waals surface area contributed by atoms with Gasteiger partial charge in [-0.05, 0) is 29.3 Å². The van der Waals surface area contributed by atoms with Crippen molar-refractivity contribution in [2.24, 2.45) is 0 Å². The van der Waals surface area contributed by atoms with Crippen LogP contribution in [0.4, 0.5) is 5.82 Å². The molecule has 1 aliphatic rings. The highest BCUT2D eigenvalue weighted by atomic mass is 79.9. The Kier molecular flexibility index (Phi) is 4.91. The molecule has 1 saturated heterocycles. The van der Waals surface area contributed by atoms with E-state index in [4.69, 9.17) is 0 Å². The lowest BCUT2D eigenvalue weighted by atomic mass is 10.3. The van der Waals surface area contributed by atoms with Crippen LogP contribution in [0.25, 0.3) is 0 Å². The van der Waals surface area contributed by atoms with Gasteiger partial charge < -0.3 is 10.0 Å². The van der Waals surface area contributed by atoms with Crippen molar-refractivity contribution in [3.8, 4) is 0 Å². The number of hydrogen-bond acceptors (Lipinski definition) is 5. The summed E-state index contributed by atoms with van der Waals surface area (Å²) in [5, 5.41) is 9.22. The minimum absolute atomic E-state index is 0.219. The maximum absolute atomic E-state index is 9.22. The van der Waals surface area contributed by atoms with E-state index in [2.05, 4.69) is 42.6 Å².